The van der Waals surface area contributed by atoms with E-state index in [1.165, 1.54) is 0 Å². The van der Waals surface area contributed by atoms with Crippen molar-refractivity contribution in [1.82, 2.24) is 4.90 Å². The lowest BCUT2D eigenvalue weighted by Gasteiger charge is -2.20. The van der Waals surface area contributed by atoms with Crippen molar-refractivity contribution in [2.24, 2.45) is 0 Å². The third kappa shape index (κ3) is 5.34. The Bertz CT molecular complexity index is 390. The van der Waals surface area contributed by atoms with Crippen molar-refractivity contribution in [2.45, 2.75) is 19.6 Å². The fourth-order valence-electron chi connectivity index (χ4n) is 1.26. The SMILES string of the molecule is C=C(Cc1ccccc1)C(=O)OC(C)N(C)C.Cl. The van der Waals surface area contributed by atoms with Gasteiger partial charge in [-0.2, -0.15) is 0 Å². The predicted octanol–water partition coefficient (Wildman–Crippen LogP) is 2.66. The summed E-state index contributed by atoms with van der Waals surface area (Å²) in [6.07, 6.45) is 0.287. The molecule has 1 rings (SSSR count). The van der Waals surface area contributed by atoms with E-state index in [1.807, 2.05) is 56.3 Å². The van der Waals surface area contributed by atoms with Crippen LogP contribution in [0.25, 0.3) is 0 Å². The normalized spacial score (nSPS) is 11.6. The zero-order valence-electron chi connectivity index (χ0n) is 11.1. The minimum atomic E-state index is -0.338. The van der Waals surface area contributed by atoms with E-state index in [-0.39, 0.29) is 24.6 Å². The molecule has 0 aliphatic heterocycles. The molecule has 100 valence electrons. The summed E-state index contributed by atoms with van der Waals surface area (Å²) in [6, 6.07) is 9.76. The van der Waals surface area contributed by atoms with Gasteiger partial charge < -0.3 is 4.74 Å². The Morgan fingerprint density at radius 3 is 2.39 bits per heavy atom. The van der Waals surface area contributed by atoms with Crippen molar-refractivity contribution < 1.29 is 9.53 Å². The molecule has 1 atom stereocenters. The summed E-state index contributed by atoms with van der Waals surface area (Å²) < 4.78 is 5.23. The third-order valence-corrected chi connectivity index (χ3v) is 2.55. The highest BCUT2D eigenvalue weighted by Gasteiger charge is 2.14. The minimum absolute atomic E-state index is 0. The molecule has 0 aromatic heterocycles. The monoisotopic (exact) mass is 269 g/mol. The Morgan fingerprint density at radius 1 is 1.33 bits per heavy atom. The van der Waals surface area contributed by atoms with Crippen LogP contribution in [0.2, 0.25) is 0 Å². The van der Waals surface area contributed by atoms with Gasteiger partial charge in [0, 0.05) is 12.0 Å². The van der Waals surface area contributed by atoms with Crippen LogP contribution >= 0.6 is 12.4 Å². The van der Waals surface area contributed by atoms with Crippen LogP contribution in [0.3, 0.4) is 0 Å². The van der Waals surface area contributed by atoms with Gasteiger partial charge in [-0.25, -0.2) is 4.79 Å². The molecule has 1 aromatic rings. The standard InChI is InChI=1S/C14H19NO2.ClH/c1-11(10-13-8-6-5-7-9-13)14(16)17-12(2)15(3)4;/h5-9,12H,1,10H2,2-4H3;1H. The Kier molecular flexibility index (Phi) is 7.32. The maximum Gasteiger partial charge on any atom is 0.335 e. The first-order valence-corrected chi connectivity index (χ1v) is 5.60. The average molecular weight is 270 g/mol. The van der Waals surface area contributed by atoms with E-state index >= 15 is 0 Å². The molecule has 0 saturated heterocycles. The van der Waals surface area contributed by atoms with Gasteiger partial charge in [-0.3, -0.25) is 4.90 Å². The van der Waals surface area contributed by atoms with E-state index in [1.54, 1.807) is 0 Å². The summed E-state index contributed by atoms with van der Waals surface area (Å²) in [6.45, 7) is 5.60. The Labute approximate surface area is 115 Å². The van der Waals surface area contributed by atoms with Crippen molar-refractivity contribution in [2.75, 3.05) is 14.1 Å². The van der Waals surface area contributed by atoms with Crippen molar-refractivity contribution in [3.05, 3.63) is 48.0 Å². The first kappa shape index (κ1) is 16.7. The fraction of sp³-hybridized carbons (Fsp3) is 0.357. The van der Waals surface area contributed by atoms with Crippen LogP contribution in [0.15, 0.2) is 42.5 Å². The van der Waals surface area contributed by atoms with Crippen molar-refractivity contribution in [1.29, 1.82) is 0 Å². The van der Waals surface area contributed by atoms with Gasteiger partial charge in [0.2, 0.25) is 0 Å². The molecule has 0 heterocycles. The zero-order chi connectivity index (χ0) is 12.8. The van der Waals surface area contributed by atoms with E-state index in [9.17, 15) is 4.79 Å². The topological polar surface area (TPSA) is 29.5 Å². The highest BCUT2D eigenvalue weighted by atomic mass is 35.5. The van der Waals surface area contributed by atoms with Crippen molar-refractivity contribution in [3.63, 3.8) is 0 Å². The van der Waals surface area contributed by atoms with Crippen LogP contribution < -0.4 is 0 Å². The number of halogens is 1. The maximum atomic E-state index is 11.7. The van der Waals surface area contributed by atoms with Gasteiger partial charge in [-0.1, -0.05) is 36.9 Å². The summed E-state index contributed by atoms with van der Waals surface area (Å²) in [5, 5.41) is 0. The summed E-state index contributed by atoms with van der Waals surface area (Å²) in [7, 11) is 3.72. The van der Waals surface area contributed by atoms with Crippen LogP contribution in [0.1, 0.15) is 12.5 Å². The highest BCUT2D eigenvalue weighted by Crippen LogP contribution is 2.09. The molecule has 0 spiro atoms. The minimum Gasteiger partial charge on any atom is -0.443 e. The lowest BCUT2D eigenvalue weighted by Crippen LogP contribution is -2.30. The number of esters is 1. The van der Waals surface area contributed by atoms with Crippen molar-refractivity contribution >= 4 is 18.4 Å². The van der Waals surface area contributed by atoms with Gasteiger partial charge in [-0.05, 0) is 26.6 Å². The molecule has 0 saturated carbocycles. The molecule has 0 aliphatic carbocycles. The van der Waals surface area contributed by atoms with Gasteiger partial charge in [0.25, 0.3) is 0 Å². The van der Waals surface area contributed by atoms with E-state index in [0.717, 1.165) is 5.56 Å². The highest BCUT2D eigenvalue weighted by molar-refractivity contribution is 5.88. The van der Waals surface area contributed by atoms with Crippen LogP contribution in [0.4, 0.5) is 0 Å². The molecular weight excluding hydrogens is 250 g/mol. The second kappa shape index (κ2) is 7.90. The molecule has 3 nitrogen and oxygen atoms in total. The first-order valence-electron chi connectivity index (χ1n) is 5.60. The van der Waals surface area contributed by atoms with Gasteiger partial charge in [-0.15, -0.1) is 12.4 Å². The molecule has 18 heavy (non-hydrogen) atoms. The smallest absolute Gasteiger partial charge is 0.335 e. The van der Waals surface area contributed by atoms with Gasteiger partial charge >= 0.3 is 5.97 Å². The lowest BCUT2D eigenvalue weighted by atomic mass is 10.1. The van der Waals surface area contributed by atoms with Crippen molar-refractivity contribution in [3.8, 4) is 0 Å². The number of benzene rings is 1. The van der Waals surface area contributed by atoms with E-state index < -0.39 is 0 Å². The number of rotatable bonds is 5. The Hall–Kier alpha value is -1.32. The molecule has 4 heteroatoms. The number of nitrogens with zero attached hydrogens (tertiary/aromatic N) is 1. The van der Waals surface area contributed by atoms with Crippen LogP contribution in [-0.4, -0.2) is 31.2 Å². The maximum absolute atomic E-state index is 11.7. The molecule has 0 aliphatic rings. The second-order valence-electron chi connectivity index (χ2n) is 4.23. The molecule has 0 amide bonds. The van der Waals surface area contributed by atoms with Crippen LogP contribution in [0.5, 0.6) is 0 Å². The summed E-state index contributed by atoms with van der Waals surface area (Å²) in [4.78, 5) is 13.5. The number of hydrogen-bond donors (Lipinski definition) is 0. The fourth-order valence-corrected chi connectivity index (χ4v) is 1.26. The van der Waals surface area contributed by atoms with E-state index in [4.69, 9.17) is 4.74 Å². The number of hydrogen-bond acceptors (Lipinski definition) is 3. The lowest BCUT2D eigenvalue weighted by molar-refractivity contribution is -0.150. The molecule has 1 unspecified atom stereocenters. The van der Waals surface area contributed by atoms with Gasteiger partial charge in [0.1, 0.15) is 0 Å². The summed E-state index contributed by atoms with van der Waals surface area (Å²) in [5.41, 5.74) is 1.54. The number of ether oxygens (including phenoxy) is 1. The van der Waals surface area contributed by atoms with Gasteiger partial charge in [0.15, 0.2) is 6.23 Å². The molecule has 0 radical (unpaired) electrons. The molecular formula is C14H20ClNO2. The predicted molar refractivity (Wildman–Crippen MR) is 75.8 cm³/mol. The largest absolute Gasteiger partial charge is 0.443 e. The summed E-state index contributed by atoms with van der Waals surface area (Å²) >= 11 is 0. The number of carbonyl (C=O) groups is 1. The Balaban J connectivity index is 0.00000289. The van der Waals surface area contributed by atoms with E-state index in [0.29, 0.717) is 12.0 Å². The number of carbonyl (C=O) groups excluding carboxylic acids is 1. The molecule has 0 bridgehead atoms. The molecule has 0 N–H and O–H groups in total. The van der Waals surface area contributed by atoms with Gasteiger partial charge in [0.05, 0.1) is 0 Å². The second-order valence-corrected chi connectivity index (χ2v) is 4.23. The van der Waals surface area contributed by atoms with E-state index in [2.05, 4.69) is 6.58 Å². The quantitative estimate of drug-likeness (QED) is 0.468. The molecule has 0 fully saturated rings. The Morgan fingerprint density at radius 2 is 1.89 bits per heavy atom. The third-order valence-electron chi connectivity index (χ3n) is 2.55. The van der Waals surface area contributed by atoms with Crippen LogP contribution in [-0.2, 0) is 16.0 Å². The zero-order valence-corrected chi connectivity index (χ0v) is 11.9. The molecule has 1 aromatic carbocycles. The van der Waals surface area contributed by atoms with Crippen LogP contribution in [0, 0.1) is 0 Å². The first-order chi connectivity index (χ1) is 8.00. The summed E-state index contributed by atoms with van der Waals surface area (Å²) in [5.74, 6) is -0.338. The average Bonchev–Trinajstić information content (AvgIpc) is 2.29.